The van der Waals surface area contributed by atoms with Crippen LogP contribution in [0.5, 0.6) is 0 Å². The third-order valence-corrected chi connectivity index (χ3v) is 4.48. The Kier molecular flexibility index (Phi) is 6.22. The molecular weight excluding hydrogens is 280 g/mol. The maximum absolute atomic E-state index is 12.1. The standard InChI is InChI=1S/C16H26N4O2/c1-19-7-5-14(6-8-19)20(2)12-13(10-17)16(21)18-11-15-4-3-9-22-15/h12,14-15H,3-9,11H2,1-2H3,(H,18,21)/b13-12-. The SMILES string of the molecule is CN1CCC(N(C)/C=C(/C#N)C(=O)NCC2CCCO2)CC1. The molecule has 0 saturated carbocycles. The number of hydrogen-bond acceptors (Lipinski definition) is 5. The third kappa shape index (κ3) is 4.72. The van der Waals surface area contributed by atoms with E-state index < -0.39 is 0 Å². The van der Waals surface area contributed by atoms with Crippen molar-refractivity contribution in [1.82, 2.24) is 15.1 Å². The molecule has 0 aliphatic carbocycles. The van der Waals surface area contributed by atoms with E-state index in [2.05, 4.69) is 17.3 Å². The van der Waals surface area contributed by atoms with Crippen LogP contribution in [0.25, 0.3) is 0 Å². The number of ether oxygens (including phenoxy) is 1. The van der Waals surface area contributed by atoms with Crippen molar-refractivity contribution in [1.29, 1.82) is 5.26 Å². The van der Waals surface area contributed by atoms with E-state index in [1.165, 1.54) is 0 Å². The van der Waals surface area contributed by atoms with E-state index in [-0.39, 0.29) is 17.6 Å². The Morgan fingerprint density at radius 1 is 1.45 bits per heavy atom. The predicted molar refractivity (Wildman–Crippen MR) is 84.0 cm³/mol. The molecule has 1 N–H and O–H groups in total. The highest BCUT2D eigenvalue weighted by Crippen LogP contribution is 2.15. The fourth-order valence-electron chi connectivity index (χ4n) is 2.96. The predicted octanol–water partition coefficient (Wildman–Crippen LogP) is 0.715. The average molecular weight is 306 g/mol. The van der Waals surface area contributed by atoms with Crippen LogP contribution in [0.1, 0.15) is 25.7 Å². The molecule has 2 fully saturated rings. The summed E-state index contributed by atoms with van der Waals surface area (Å²) in [5.74, 6) is -0.308. The summed E-state index contributed by atoms with van der Waals surface area (Å²) in [7, 11) is 4.06. The van der Waals surface area contributed by atoms with Gasteiger partial charge in [-0.15, -0.1) is 0 Å². The van der Waals surface area contributed by atoms with Gasteiger partial charge in [0, 0.05) is 32.4 Å². The largest absolute Gasteiger partial charge is 0.376 e. The van der Waals surface area contributed by atoms with Crippen molar-refractivity contribution >= 4 is 5.91 Å². The van der Waals surface area contributed by atoms with Gasteiger partial charge in [0.2, 0.25) is 0 Å². The Balaban J connectivity index is 1.85. The zero-order valence-corrected chi connectivity index (χ0v) is 13.5. The Labute approximate surface area is 132 Å². The van der Waals surface area contributed by atoms with Crippen LogP contribution >= 0.6 is 0 Å². The van der Waals surface area contributed by atoms with Gasteiger partial charge in [-0.25, -0.2) is 0 Å². The molecule has 0 spiro atoms. The summed E-state index contributed by atoms with van der Waals surface area (Å²) in [5.41, 5.74) is 0.166. The van der Waals surface area contributed by atoms with Gasteiger partial charge in [0.05, 0.1) is 6.10 Å². The lowest BCUT2D eigenvalue weighted by atomic mass is 10.0. The van der Waals surface area contributed by atoms with Crippen LogP contribution in [0.3, 0.4) is 0 Å². The number of piperidine rings is 1. The minimum atomic E-state index is -0.308. The van der Waals surface area contributed by atoms with Gasteiger partial charge < -0.3 is 19.9 Å². The minimum Gasteiger partial charge on any atom is -0.376 e. The Morgan fingerprint density at radius 3 is 2.77 bits per heavy atom. The molecule has 22 heavy (non-hydrogen) atoms. The van der Waals surface area contributed by atoms with Crippen LogP contribution in [0.4, 0.5) is 0 Å². The fraction of sp³-hybridized carbons (Fsp3) is 0.750. The van der Waals surface area contributed by atoms with E-state index in [4.69, 9.17) is 4.74 Å². The van der Waals surface area contributed by atoms with Gasteiger partial charge in [0.1, 0.15) is 11.6 Å². The highest BCUT2D eigenvalue weighted by atomic mass is 16.5. The lowest BCUT2D eigenvalue weighted by Crippen LogP contribution is -2.40. The smallest absolute Gasteiger partial charge is 0.263 e. The zero-order chi connectivity index (χ0) is 15.9. The molecule has 2 saturated heterocycles. The highest BCUT2D eigenvalue weighted by Gasteiger charge is 2.21. The molecule has 0 bridgehead atoms. The molecule has 0 aromatic carbocycles. The number of rotatable bonds is 5. The van der Waals surface area contributed by atoms with Gasteiger partial charge in [-0.1, -0.05) is 0 Å². The number of nitrogens with zero attached hydrogens (tertiary/aromatic N) is 3. The van der Waals surface area contributed by atoms with Crippen molar-refractivity contribution in [2.24, 2.45) is 0 Å². The number of hydrogen-bond donors (Lipinski definition) is 1. The molecule has 0 radical (unpaired) electrons. The van der Waals surface area contributed by atoms with E-state index in [9.17, 15) is 10.1 Å². The van der Waals surface area contributed by atoms with Gasteiger partial charge in [0.25, 0.3) is 5.91 Å². The van der Waals surface area contributed by atoms with E-state index in [1.807, 2.05) is 18.0 Å². The van der Waals surface area contributed by atoms with Crippen molar-refractivity contribution in [3.63, 3.8) is 0 Å². The second-order valence-electron chi connectivity index (χ2n) is 6.20. The Hall–Kier alpha value is -1.58. The molecule has 6 nitrogen and oxygen atoms in total. The second-order valence-corrected chi connectivity index (χ2v) is 6.20. The number of carbonyl (C=O) groups excluding carboxylic acids is 1. The summed E-state index contributed by atoms with van der Waals surface area (Å²) in [4.78, 5) is 16.4. The molecule has 1 unspecified atom stereocenters. The van der Waals surface area contributed by atoms with E-state index in [0.29, 0.717) is 12.6 Å². The molecule has 2 heterocycles. The van der Waals surface area contributed by atoms with Crippen LogP contribution in [-0.2, 0) is 9.53 Å². The number of nitriles is 1. The first kappa shape index (κ1) is 16.8. The molecule has 122 valence electrons. The van der Waals surface area contributed by atoms with Crippen LogP contribution in [0, 0.1) is 11.3 Å². The summed E-state index contributed by atoms with van der Waals surface area (Å²) < 4.78 is 5.47. The molecule has 1 amide bonds. The van der Waals surface area contributed by atoms with Crippen LogP contribution in [-0.4, -0.2) is 68.2 Å². The van der Waals surface area contributed by atoms with E-state index in [0.717, 1.165) is 45.4 Å². The van der Waals surface area contributed by atoms with Gasteiger partial charge >= 0.3 is 0 Å². The lowest BCUT2D eigenvalue weighted by Gasteiger charge is -2.34. The van der Waals surface area contributed by atoms with Crippen LogP contribution < -0.4 is 5.32 Å². The maximum Gasteiger partial charge on any atom is 0.263 e. The van der Waals surface area contributed by atoms with Crippen molar-refractivity contribution in [3.8, 4) is 6.07 Å². The Morgan fingerprint density at radius 2 is 2.18 bits per heavy atom. The molecular formula is C16H26N4O2. The molecule has 0 aromatic heterocycles. The minimum absolute atomic E-state index is 0.0931. The van der Waals surface area contributed by atoms with Crippen molar-refractivity contribution in [3.05, 3.63) is 11.8 Å². The summed E-state index contributed by atoms with van der Waals surface area (Å²) in [6.07, 6.45) is 5.90. The average Bonchev–Trinajstić information content (AvgIpc) is 3.04. The summed E-state index contributed by atoms with van der Waals surface area (Å²) in [6.45, 7) is 3.35. The number of amides is 1. The summed E-state index contributed by atoms with van der Waals surface area (Å²) >= 11 is 0. The molecule has 2 rings (SSSR count). The van der Waals surface area contributed by atoms with Crippen molar-refractivity contribution in [2.75, 3.05) is 40.3 Å². The molecule has 0 aromatic rings. The molecule has 2 aliphatic rings. The number of nitrogens with one attached hydrogen (secondary N) is 1. The van der Waals surface area contributed by atoms with E-state index in [1.54, 1.807) is 6.20 Å². The van der Waals surface area contributed by atoms with Crippen molar-refractivity contribution < 1.29 is 9.53 Å². The first-order chi connectivity index (χ1) is 10.6. The molecule has 1 atom stereocenters. The van der Waals surface area contributed by atoms with Crippen LogP contribution in [0.2, 0.25) is 0 Å². The highest BCUT2D eigenvalue weighted by molar-refractivity contribution is 5.97. The summed E-state index contributed by atoms with van der Waals surface area (Å²) in [5, 5.41) is 12.0. The monoisotopic (exact) mass is 306 g/mol. The number of likely N-dealkylation sites (tertiary alicyclic amines) is 1. The van der Waals surface area contributed by atoms with Gasteiger partial charge in [-0.2, -0.15) is 5.26 Å². The number of carbonyl (C=O) groups is 1. The van der Waals surface area contributed by atoms with E-state index >= 15 is 0 Å². The van der Waals surface area contributed by atoms with Crippen LogP contribution in [0.15, 0.2) is 11.8 Å². The van der Waals surface area contributed by atoms with Gasteiger partial charge in [0.15, 0.2) is 0 Å². The fourth-order valence-corrected chi connectivity index (χ4v) is 2.96. The topological polar surface area (TPSA) is 68.6 Å². The zero-order valence-electron chi connectivity index (χ0n) is 13.5. The second kappa shape index (κ2) is 8.16. The molecule has 2 aliphatic heterocycles. The van der Waals surface area contributed by atoms with Gasteiger partial charge in [-0.05, 0) is 45.8 Å². The maximum atomic E-state index is 12.1. The van der Waals surface area contributed by atoms with Crippen molar-refractivity contribution in [2.45, 2.75) is 37.8 Å². The Bertz CT molecular complexity index is 444. The first-order valence-electron chi connectivity index (χ1n) is 8.02. The first-order valence-corrected chi connectivity index (χ1v) is 8.02. The third-order valence-electron chi connectivity index (χ3n) is 4.48. The summed E-state index contributed by atoms with van der Waals surface area (Å²) in [6, 6.07) is 2.41. The molecule has 6 heteroatoms. The van der Waals surface area contributed by atoms with Gasteiger partial charge in [-0.3, -0.25) is 4.79 Å². The quantitative estimate of drug-likeness (QED) is 0.598. The lowest BCUT2D eigenvalue weighted by molar-refractivity contribution is -0.117. The normalized spacial score (nSPS) is 24.0.